The molecule has 0 fully saturated rings. The van der Waals surface area contributed by atoms with Crippen molar-refractivity contribution in [2.45, 2.75) is 33.6 Å². The van der Waals surface area contributed by atoms with Crippen LogP contribution in [0.1, 0.15) is 43.9 Å². The predicted octanol–water partition coefficient (Wildman–Crippen LogP) is 10.2. The first-order valence-corrected chi connectivity index (χ1v) is 14.6. The Bertz CT molecular complexity index is 2070. The van der Waals surface area contributed by atoms with Gasteiger partial charge in [-0.25, -0.2) is 0 Å². The highest BCUT2D eigenvalue weighted by molar-refractivity contribution is 6.24. The fourth-order valence-electron chi connectivity index (χ4n) is 6.26. The molecule has 0 saturated carbocycles. The minimum atomic E-state index is -0.789. The molecule has 5 aromatic carbocycles. The maximum atomic E-state index is 11.0. The lowest BCUT2D eigenvalue weighted by molar-refractivity contribution is 0.218. The molecule has 0 bridgehead atoms. The van der Waals surface area contributed by atoms with E-state index in [-0.39, 0.29) is 0 Å². The summed E-state index contributed by atoms with van der Waals surface area (Å²) in [6.45, 7) is 5.20. The molecule has 0 aliphatic heterocycles. The van der Waals surface area contributed by atoms with Crippen LogP contribution < -0.4 is 0 Å². The van der Waals surface area contributed by atoms with E-state index in [1.165, 1.54) is 11.1 Å². The monoisotopic (exact) mass is 570 g/mol. The lowest BCUT2D eigenvalue weighted by Gasteiger charge is -2.19. The van der Waals surface area contributed by atoms with Gasteiger partial charge in [0.25, 0.3) is 0 Å². The van der Waals surface area contributed by atoms with Crippen LogP contribution in [0.15, 0.2) is 107 Å². The van der Waals surface area contributed by atoms with Crippen molar-refractivity contribution in [3.8, 4) is 11.1 Å². The Balaban J connectivity index is 1.74. The van der Waals surface area contributed by atoms with Gasteiger partial charge in [0.1, 0.15) is 17.8 Å². The van der Waals surface area contributed by atoms with Crippen molar-refractivity contribution in [1.82, 2.24) is 0 Å². The van der Waals surface area contributed by atoms with Crippen LogP contribution in [-0.2, 0) is 6.42 Å². The van der Waals surface area contributed by atoms with Crippen LogP contribution >= 0.6 is 0 Å². The molecule has 4 N–H and O–H groups in total. The van der Waals surface area contributed by atoms with E-state index in [1.807, 2.05) is 48.5 Å². The van der Waals surface area contributed by atoms with Crippen molar-refractivity contribution in [2.75, 3.05) is 6.61 Å². The van der Waals surface area contributed by atoms with Crippen LogP contribution in [0, 0.1) is 0 Å². The molecule has 5 heteroatoms. The van der Waals surface area contributed by atoms with E-state index >= 15 is 0 Å². The molecule has 216 valence electrons. The normalized spacial score (nSPS) is 13.4. The molecule has 0 unspecified atom stereocenters. The van der Waals surface area contributed by atoms with Crippen LogP contribution in [0.2, 0.25) is 0 Å². The number of allylic oxidation sites excluding steroid dienone is 2. The Morgan fingerprint density at radius 1 is 0.744 bits per heavy atom. The number of hydrogen-bond donors (Lipinski definition) is 4. The second-order valence-electron chi connectivity index (χ2n) is 10.7. The second-order valence-corrected chi connectivity index (χ2v) is 10.7. The molecule has 0 amide bonds. The van der Waals surface area contributed by atoms with Gasteiger partial charge in [0, 0.05) is 21.9 Å². The van der Waals surface area contributed by atoms with E-state index in [4.69, 9.17) is 4.42 Å². The molecule has 0 atom stereocenters. The van der Waals surface area contributed by atoms with Gasteiger partial charge in [0.2, 0.25) is 0 Å². The van der Waals surface area contributed by atoms with Crippen molar-refractivity contribution >= 4 is 55.1 Å². The molecule has 0 saturated heterocycles. The molecular weight excluding hydrogens is 536 g/mol. The Kier molecular flexibility index (Phi) is 7.43. The topological polar surface area (TPSA) is 94.1 Å². The van der Waals surface area contributed by atoms with Crippen LogP contribution in [0.25, 0.3) is 66.3 Å². The number of furan rings is 1. The Labute approximate surface area is 249 Å². The summed E-state index contributed by atoms with van der Waals surface area (Å²) in [6.07, 6.45) is 6.15. The first-order chi connectivity index (χ1) is 20.9. The smallest absolute Gasteiger partial charge is 0.198 e. The van der Waals surface area contributed by atoms with E-state index in [9.17, 15) is 20.4 Å². The molecule has 5 nitrogen and oxygen atoms in total. The van der Waals surface area contributed by atoms with E-state index in [0.717, 1.165) is 73.0 Å². The summed E-state index contributed by atoms with van der Waals surface area (Å²) in [5.74, 6) is -1.93. The average molecular weight is 571 g/mol. The van der Waals surface area contributed by atoms with Crippen LogP contribution in [0.4, 0.5) is 0 Å². The fourth-order valence-corrected chi connectivity index (χ4v) is 6.26. The number of benzene rings is 5. The summed E-state index contributed by atoms with van der Waals surface area (Å²) in [5, 5.41) is 46.5. The maximum absolute atomic E-state index is 11.0. The Hall–Kier alpha value is -5.00. The highest BCUT2D eigenvalue weighted by atomic mass is 16.4. The number of fused-ring (bicyclic) bond motifs is 5. The van der Waals surface area contributed by atoms with Crippen LogP contribution in [0.3, 0.4) is 0 Å². The predicted molar refractivity (Wildman–Crippen MR) is 177 cm³/mol. The third-order valence-corrected chi connectivity index (χ3v) is 8.27. The summed E-state index contributed by atoms with van der Waals surface area (Å²) in [6, 6.07) is 26.5. The van der Waals surface area contributed by atoms with Gasteiger partial charge in [-0.1, -0.05) is 92.7 Å². The Morgan fingerprint density at radius 3 is 2.00 bits per heavy atom. The molecular formula is C38H34O5. The summed E-state index contributed by atoms with van der Waals surface area (Å²) < 4.78 is 6.58. The third kappa shape index (κ3) is 4.53. The molecule has 1 aromatic heterocycles. The van der Waals surface area contributed by atoms with Crippen molar-refractivity contribution in [3.63, 3.8) is 0 Å². The molecule has 0 aliphatic rings. The van der Waals surface area contributed by atoms with Gasteiger partial charge >= 0.3 is 0 Å². The highest BCUT2D eigenvalue weighted by Crippen LogP contribution is 2.46. The van der Waals surface area contributed by atoms with Crippen molar-refractivity contribution < 1.29 is 24.8 Å². The number of aryl methyl sites for hydroxylation is 1. The first-order valence-electron chi connectivity index (χ1n) is 14.6. The molecule has 6 rings (SSSR count). The summed E-state index contributed by atoms with van der Waals surface area (Å²) in [5.41, 5.74) is 7.27. The van der Waals surface area contributed by atoms with Crippen molar-refractivity contribution in [1.29, 1.82) is 0 Å². The molecule has 43 heavy (non-hydrogen) atoms. The minimum absolute atomic E-state index is 0.378. The standard InChI is InChI=1S/C38H34O5/c1-4-6-12-23-19-20-30-35-29(17-11-18-32(35)43-38(30)24(23)5-2)34-27-15-9-7-13-25(27)33(26-14-8-10-16-28(26)34)22(3)36(41)37(42)31(40)21-39/h6-20,39-42H,4-5,21H2,1-3H3/b12-6-,36-22-,37-31-. The van der Waals surface area contributed by atoms with Gasteiger partial charge in [0.15, 0.2) is 17.3 Å². The quantitative estimate of drug-likeness (QED) is 0.0870. The van der Waals surface area contributed by atoms with Gasteiger partial charge in [-0.3, -0.25) is 0 Å². The van der Waals surface area contributed by atoms with Crippen LogP contribution in [-0.4, -0.2) is 27.0 Å². The molecule has 0 aliphatic carbocycles. The number of hydrogen-bond acceptors (Lipinski definition) is 5. The van der Waals surface area contributed by atoms with Crippen LogP contribution in [0.5, 0.6) is 0 Å². The lowest BCUT2D eigenvalue weighted by Crippen LogP contribution is -2.01. The first kappa shape index (κ1) is 28.1. The molecule has 0 radical (unpaired) electrons. The zero-order valence-electron chi connectivity index (χ0n) is 24.5. The Morgan fingerprint density at radius 2 is 1.40 bits per heavy atom. The van der Waals surface area contributed by atoms with Gasteiger partial charge < -0.3 is 24.8 Å². The molecule has 0 spiro atoms. The van der Waals surface area contributed by atoms with Crippen molar-refractivity contribution in [3.05, 3.63) is 119 Å². The zero-order valence-corrected chi connectivity index (χ0v) is 24.5. The fraction of sp³-hybridized carbons (Fsp3) is 0.158. The van der Waals surface area contributed by atoms with Gasteiger partial charge in [-0.2, -0.15) is 0 Å². The highest BCUT2D eigenvalue weighted by Gasteiger charge is 2.23. The van der Waals surface area contributed by atoms with E-state index < -0.39 is 23.9 Å². The maximum Gasteiger partial charge on any atom is 0.198 e. The molecule has 1 heterocycles. The summed E-state index contributed by atoms with van der Waals surface area (Å²) in [7, 11) is 0. The summed E-state index contributed by atoms with van der Waals surface area (Å²) >= 11 is 0. The van der Waals surface area contributed by atoms with Gasteiger partial charge in [0.05, 0.1) is 0 Å². The zero-order chi connectivity index (χ0) is 30.2. The number of aliphatic hydroxyl groups is 4. The second kappa shape index (κ2) is 11.3. The largest absolute Gasteiger partial charge is 0.506 e. The van der Waals surface area contributed by atoms with Gasteiger partial charge in [-0.15, -0.1) is 0 Å². The van der Waals surface area contributed by atoms with E-state index in [1.54, 1.807) is 6.92 Å². The SMILES string of the molecule is CC/C=C\c1ccc2c(oc3cccc(-c4c5ccccc5c(/C(C)=C(O)/C(O)=C(/O)CO)c5ccccc45)c32)c1CC. The number of aliphatic hydroxyl groups excluding tert-OH is 4. The minimum Gasteiger partial charge on any atom is -0.506 e. The van der Waals surface area contributed by atoms with E-state index in [0.29, 0.717) is 5.57 Å². The lowest BCUT2D eigenvalue weighted by atomic mass is 9.84. The van der Waals surface area contributed by atoms with E-state index in [2.05, 4.69) is 56.3 Å². The van der Waals surface area contributed by atoms with Crippen molar-refractivity contribution in [2.24, 2.45) is 0 Å². The number of rotatable bonds is 7. The third-order valence-electron chi connectivity index (χ3n) is 8.27. The average Bonchev–Trinajstić information content (AvgIpc) is 3.43. The molecule has 6 aromatic rings. The summed E-state index contributed by atoms with van der Waals surface area (Å²) in [4.78, 5) is 0. The van der Waals surface area contributed by atoms with Gasteiger partial charge in [-0.05, 0) is 75.7 Å².